The minimum atomic E-state index is -3.56. The Kier molecular flexibility index (Phi) is 5.31. The summed E-state index contributed by atoms with van der Waals surface area (Å²) >= 11 is 1.55. The number of oxazole rings is 1. The van der Waals surface area contributed by atoms with E-state index in [4.69, 9.17) is 4.42 Å². The normalized spacial score (nSPS) is 12.2. The van der Waals surface area contributed by atoms with Crippen LogP contribution in [-0.4, -0.2) is 40.6 Å². The molecule has 26 heavy (non-hydrogen) atoms. The fourth-order valence-corrected chi connectivity index (χ4v) is 5.43. The van der Waals surface area contributed by atoms with E-state index in [1.807, 2.05) is 31.4 Å². The van der Waals surface area contributed by atoms with Crippen LogP contribution in [0.1, 0.15) is 30.9 Å². The van der Waals surface area contributed by atoms with Crippen LogP contribution >= 0.6 is 11.3 Å². The van der Waals surface area contributed by atoms with Crippen molar-refractivity contribution < 1.29 is 12.8 Å². The standard InChI is InChI=1S/C17H22N4O3S2/c1-5-20(6-2)26(22,23)16-12(3)19-21(13(16)4)10-14-11-24-17(18-14)15-8-7-9-25-15/h7-9,11H,5-6,10H2,1-4H3. The van der Waals surface area contributed by atoms with E-state index in [1.165, 1.54) is 4.31 Å². The molecule has 0 aromatic carbocycles. The van der Waals surface area contributed by atoms with Gasteiger partial charge in [-0.05, 0) is 25.3 Å². The Morgan fingerprint density at radius 1 is 1.27 bits per heavy atom. The molecule has 0 saturated heterocycles. The molecule has 9 heteroatoms. The molecule has 3 heterocycles. The smallest absolute Gasteiger partial charge is 0.246 e. The molecule has 0 unspecified atom stereocenters. The first kappa shape index (κ1) is 18.8. The van der Waals surface area contributed by atoms with Gasteiger partial charge in [0.2, 0.25) is 15.9 Å². The van der Waals surface area contributed by atoms with Gasteiger partial charge in [0, 0.05) is 13.1 Å². The third-order valence-electron chi connectivity index (χ3n) is 4.21. The van der Waals surface area contributed by atoms with Crippen LogP contribution in [0.5, 0.6) is 0 Å². The van der Waals surface area contributed by atoms with Gasteiger partial charge in [-0.3, -0.25) is 4.68 Å². The van der Waals surface area contributed by atoms with E-state index in [0.29, 0.717) is 42.6 Å². The number of hydrogen-bond donors (Lipinski definition) is 0. The fraction of sp³-hybridized carbons (Fsp3) is 0.412. The van der Waals surface area contributed by atoms with Crippen molar-refractivity contribution in [2.24, 2.45) is 0 Å². The SMILES string of the molecule is CCN(CC)S(=O)(=O)c1c(C)nn(Cc2coc(-c3cccs3)n2)c1C. The molecular weight excluding hydrogens is 372 g/mol. The number of nitrogens with zero attached hydrogens (tertiary/aromatic N) is 4. The van der Waals surface area contributed by atoms with Crippen LogP contribution in [0.2, 0.25) is 0 Å². The van der Waals surface area contributed by atoms with Gasteiger partial charge < -0.3 is 4.42 Å². The molecule has 140 valence electrons. The maximum absolute atomic E-state index is 12.9. The zero-order chi connectivity index (χ0) is 18.9. The quantitative estimate of drug-likeness (QED) is 0.614. The van der Waals surface area contributed by atoms with Crippen LogP contribution in [0, 0.1) is 13.8 Å². The summed E-state index contributed by atoms with van der Waals surface area (Å²) in [5.41, 5.74) is 1.80. The van der Waals surface area contributed by atoms with Gasteiger partial charge in [0.15, 0.2) is 0 Å². The Labute approximate surface area is 157 Å². The predicted molar refractivity (Wildman–Crippen MR) is 101 cm³/mol. The molecule has 0 N–H and O–H groups in total. The topological polar surface area (TPSA) is 81.2 Å². The maximum Gasteiger partial charge on any atom is 0.246 e. The monoisotopic (exact) mass is 394 g/mol. The third-order valence-corrected chi connectivity index (χ3v) is 7.37. The van der Waals surface area contributed by atoms with Crippen molar-refractivity contribution in [1.29, 1.82) is 0 Å². The molecule has 3 aromatic rings. The second-order valence-corrected chi connectivity index (χ2v) is 8.69. The molecular formula is C17H22N4O3S2. The van der Waals surface area contributed by atoms with Gasteiger partial charge in [0.05, 0.1) is 22.8 Å². The predicted octanol–water partition coefficient (Wildman–Crippen LogP) is 3.30. The molecule has 0 bridgehead atoms. The Hall–Kier alpha value is -1.97. The van der Waals surface area contributed by atoms with Gasteiger partial charge in [-0.2, -0.15) is 9.40 Å². The Morgan fingerprint density at radius 2 is 2.00 bits per heavy atom. The highest BCUT2D eigenvalue weighted by Crippen LogP contribution is 2.26. The van der Waals surface area contributed by atoms with Crippen LogP contribution in [-0.2, 0) is 16.6 Å². The van der Waals surface area contributed by atoms with Crippen LogP contribution in [0.4, 0.5) is 0 Å². The number of rotatable bonds is 7. The summed E-state index contributed by atoms with van der Waals surface area (Å²) in [5, 5.41) is 6.39. The Bertz CT molecular complexity index is 984. The van der Waals surface area contributed by atoms with Gasteiger partial charge in [-0.15, -0.1) is 11.3 Å². The summed E-state index contributed by atoms with van der Waals surface area (Å²) in [5.74, 6) is 0.563. The highest BCUT2D eigenvalue weighted by molar-refractivity contribution is 7.89. The van der Waals surface area contributed by atoms with Crippen LogP contribution in [0.15, 0.2) is 33.1 Å². The summed E-state index contributed by atoms with van der Waals surface area (Å²) < 4.78 is 34.4. The molecule has 0 fully saturated rings. The molecule has 3 rings (SSSR count). The third kappa shape index (κ3) is 3.34. The van der Waals surface area contributed by atoms with Crippen LogP contribution in [0.25, 0.3) is 10.8 Å². The van der Waals surface area contributed by atoms with Crippen molar-refractivity contribution >= 4 is 21.4 Å². The van der Waals surface area contributed by atoms with Gasteiger partial charge in [-0.1, -0.05) is 19.9 Å². The second-order valence-electron chi connectivity index (χ2n) is 5.87. The van der Waals surface area contributed by atoms with Crippen molar-refractivity contribution in [2.75, 3.05) is 13.1 Å². The molecule has 0 spiro atoms. The maximum atomic E-state index is 12.9. The number of aromatic nitrogens is 3. The second kappa shape index (κ2) is 7.34. The molecule has 0 aliphatic carbocycles. The van der Waals surface area contributed by atoms with E-state index in [2.05, 4.69) is 10.1 Å². The van der Waals surface area contributed by atoms with Gasteiger partial charge in [0.25, 0.3) is 0 Å². The van der Waals surface area contributed by atoms with Crippen LogP contribution < -0.4 is 0 Å². The van der Waals surface area contributed by atoms with Crippen molar-refractivity contribution in [3.05, 3.63) is 40.9 Å². The number of hydrogen-bond acceptors (Lipinski definition) is 6. The lowest BCUT2D eigenvalue weighted by Crippen LogP contribution is -2.31. The lowest BCUT2D eigenvalue weighted by atomic mass is 10.4. The molecule has 0 atom stereocenters. The minimum Gasteiger partial charge on any atom is -0.443 e. The first-order valence-electron chi connectivity index (χ1n) is 8.40. The molecule has 0 aliphatic heterocycles. The molecule has 0 saturated carbocycles. The Morgan fingerprint density at radius 3 is 2.62 bits per heavy atom. The van der Waals surface area contributed by atoms with Crippen molar-refractivity contribution in [2.45, 2.75) is 39.1 Å². The first-order valence-corrected chi connectivity index (χ1v) is 10.7. The van der Waals surface area contributed by atoms with Crippen LogP contribution in [0.3, 0.4) is 0 Å². The number of thiophene rings is 1. The van der Waals surface area contributed by atoms with Crippen molar-refractivity contribution in [3.63, 3.8) is 0 Å². The number of aryl methyl sites for hydroxylation is 1. The van der Waals surface area contributed by atoms with E-state index in [0.717, 1.165) is 4.88 Å². The largest absolute Gasteiger partial charge is 0.443 e. The first-order chi connectivity index (χ1) is 12.4. The van der Waals surface area contributed by atoms with Gasteiger partial charge >= 0.3 is 0 Å². The summed E-state index contributed by atoms with van der Waals surface area (Å²) in [7, 11) is -3.56. The average Bonchev–Trinajstić information content (AvgIpc) is 3.30. The minimum absolute atomic E-state index is 0.281. The van der Waals surface area contributed by atoms with E-state index in [-0.39, 0.29) is 4.90 Å². The molecule has 0 aliphatic rings. The van der Waals surface area contributed by atoms with E-state index in [1.54, 1.807) is 36.1 Å². The van der Waals surface area contributed by atoms with Gasteiger partial charge in [0.1, 0.15) is 16.9 Å². The summed E-state index contributed by atoms with van der Waals surface area (Å²) in [6.45, 7) is 8.37. The van der Waals surface area contributed by atoms with E-state index < -0.39 is 10.0 Å². The summed E-state index contributed by atoms with van der Waals surface area (Å²) in [6, 6.07) is 3.88. The van der Waals surface area contributed by atoms with E-state index >= 15 is 0 Å². The molecule has 3 aromatic heterocycles. The zero-order valence-electron chi connectivity index (χ0n) is 15.3. The van der Waals surface area contributed by atoms with E-state index in [9.17, 15) is 8.42 Å². The lowest BCUT2D eigenvalue weighted by Gasteiger charge is -2.18. The molecule has 0 amide bonds. The zero-order valence-corrected chi connectivity index (χ0v) is 16.9. The average molecular weight is 395 g/mol. The summed E-state index contributed by atoms with van der Waals surface area (Å²) in [4.78, 5) is 5.71. The van der Waals surface area contributed by atoms with Gasteiger partial charge in [-0.25, -0.2) is 13.4 Å². The number of sulfonamides is 1. The highest BCUT2D eigenvalue weighted by Gasteiger charge is 2.29. The lowest BCUT2D eigenvalue weighted by molar-refractivity contribution is 0.444. The van der Waals surface area contributed by atoms with Crippen molar-refractivity contribution in [1.82, 2.24) is 19.1 Å². The summed E-state index contributed by atoms with van der Waals surface area (Å²) in [6.07, 6.45) is 1.59. The molecule has 7 nitrogen and oxygen atoms in total. The molecule has 0 radical (unpaired) electrons. The van der Waals surface area contributed by atoms with Crippen molar-refractivity contribution in [3.8, 4) is 10.8 Å². The highest BCUT2D eigenvalue weighted by atomic mass is 32.2. The fourth-order valence-electron chi connectivity index (χ4n) is 2.95. The Balaban J connectivity index is 1.91.